The van der Waals surface area contributed by atoms with Gasteiger partial charge in [0.15, 0.2) is 0 Å². The highest BCUT2D eigenvalue weighted by Crippen LogP contribution is 2.37. The maximum absolute atomic E-state index is 13.4. The lowest BCUT2D eigenvalue weighted by Gasteiger charge is -2.34. The second-order valence-electron chi connectivity index (χ2n) is 8.03. The van der Waals surface area contributed by atoms with Gasteiger partial charge in [0.1, 0.15) is 5.70 Å². The Morgan fingerprint density at radius 2 is 1.50 bits per heavy atom. The quantitative estimate of drug-likeness (QED) is 0.776. The molecule has 0 spiro atoms. The molecule has 0 aromatic heterocycles. The molecule has 0 N–H and O–H groups in total. The Morgan fingerprint density at radius 3 is 2.15 bits per heavy atom. The number of imide groups is 1. The molecule has 1 saturated heterocycles. The van der Waals surface area contributed by atoms with Crippen LogP contribution in [0.3, 0.4) is 0 Å². The van der Waals surface area contributed by atoms with E-state index in [0.717, 1.165) is 57.2 Å². The summed E-state index contributed by atoms with van der Waals surface area (Å²) in [5.41, 5.74) is 2.15. The Labute approximate surface area is 155 Å². The first-order valence-electron chi connectivity index (χ1n) is 10.1. The molecule has 4 nitrogen and oxygen atoms in total. The summed E-state index contributed by atoms with van der Waals surface area (Å²) in [5.74, 6) is 0.547. The van der Waals surface area contributed by atoms with Crippen molar-refractivity contribution in [2.24, 2.45) is 5.92 Å². The summed E-state index contributed by atoms with van der Waals surface area (Å²) < 4.78 is 0. The molecule has 2 heterocycles. The third-order valence-electron chi connectivity index (χ3n) is 6.19. The van der Waals surface area contributed by atoms with E-state index in [9.17, 15) is 9.59 Å². The van der Waals surface area contributed by atoms with Crippen molar-refractivity contribution >= 4 is 17.4 Å². The minimum absolute atomic E-state index is 0.0599. The Kier molecular flexibility index (Phi) is 4.84. The molecule has 138 valence electrons. The second-order valence-corrected chi connectivity index (χ2v) is 8.03. The van der Waals surface area contributed by atoms with Crippen LogP contribution in [-0.2, 0) is 9.59 Å². The smallest absolute Gasteiger partial charge is 0.278 e. The van der Waals surface area contributed by atoms with Crippen LogP contribution in [0.4, 0.5) is 0 Å². The van der Waals surface area contributed by atoms with Crippen molar-refractivity contribution in [3.8, 4) is 0 Å². The van der Waals surface area contributed by atoms with Gasteiger partial charge in [0.2, 0.25) is 0 Å². The molecule has 1 saturated carbocycles. The molecule has 2 aliphatic heterocycles. The summed E-state index contributed by atoms with van der Waals surface area (Å²) in [4.78, 5) is 30.5. The number of piperidine rings is 1. The SMILES string of the molecule is CC1CCN(C2=C(c3ccccc3)C(=O)N(C3CCCCC3)C2=O)CC1. The van der Waals surface area contributed by atoms with Crippen molar-refractivity contribution in [3.05, 3.63) is 41.6 Å². The van der Waals surface area contributed by atoms with E-state index in [-0.39, 0.29) is 17.9 Å². The summed E-state index contributed by atoms with van der Waals surface area (Å²) >= 11 is 0. The van der Waals surface area contributed by atoms with E-state index in [1.165, 1.54) is 6.42 Å². The van der Waals surface area contributed by atoms with Gasteiger partial charge in [-0.25, -0.2) is 0 Å². The molecule has 2 amide bonds. The first-order valence-corrected chi connectivity index (χ1v) is 10.1. The van der Waals surface area contributed by atoms with E-state index in [1.807, 2.05) is 30.3 Å². The molecule has 0 radical (unpaired) electrons. The highest BCUT2D eigenvalue weighted by Gasteiger charge is 2.45. The van der Waals surface area contributed by atoms with Crippen molar-refractivity contribution in [2.75, 3.05) is 13.1 Å². The predicted octanol–water partition coefficient (Wildman–Crippen LogP) is 3.83. The van der Waals surface area contributed by atoms with Crippen molar-refractivity contribution in [2.45, 2.75) is 57.9 Å². The van der Waals surface area contributed by atoms with Crippen LogP contribution in [0.15, 0.2) is 36.0 Å². The lowest BCUT2D eigenvalue weighted by atomic mass is 9.94. The summed E-state index contributed by atoms with van der Waals surface area (Å²) in [5, 5.41) is 0. The van der Waals surface area contributed by atoms with E-state index in [1.54, 1.807) is 4.90 Å². The second kappa shape index (κ2) is 7.26. The van der Waals surface area contributed by atoms with Crippen LogP contribution in [0.1, 0.15) is 57.4 Å². The fourth-order valence-corrected chi connectivity index (χ4v) is 4.60. The van der Waals surface area contributed by atoms with Gasteiger partial charge >= 0.3 is 0 Å². The molecule has 1 aromatic carbocycles. The fourth-order valence-electron chi connectivity index (χ4n) is 4.60. The van der Waals surface area contributed by atoms with Crippen molar-refractivity contribution in [1.29, 1.82) is 0 Å². The topological polar surface area (TPSA) is 40.6 Å². The van der Waals surface area contributed by atoms with Gasteiger partial charge in [0.05, 0.1) is 5.57 Å². The normalized spacial score (nSPS) is 23.3. The molecule has 4 heteroatoms. The number of nitrogens with zero attached hydrogens (tertiary/aromatic N) is 2. The average Bonchev–Trinajstić information content (AvgIpc) is 2.94. The number of hydrogen-bond acceptors (Lipinski definition) is 3. The van der Waals surface area contributed by atoms with Crippen molar-refractivity contribution in [3.63, 3.8) is 0 Å². The van der Waals surface area contributed by atoms with Crippen LogP contribution in [0.25, 0.3) is 5.57 Å². The third-order valence-corrected chi connectivity index (χ3v) is 6.19. The number of carbonyl (C=O) groups excluding carboxylic acids is 2. The van der Waals surface area contributed by atoms with E-state index in [4.69, 9.17) is 0 Å². The van der Waals surface area contributed by atoms with Gasteiger partial charge in [-0.1, -0.05) is 56.5 Å². The zero-order valence-electron chi connectivity index (χ0n) is 15.6. The van der Waals surface area contributed by atoms with Gasteiger partial charge < -0.3 is 4.90 Å². The molecule has 4 rings (SSSR count). The minimum Gasteiger partial charge on any atom is -0.366 e. The lowest BCUT2D eigenvalue weighted by Crippen LogP contribution is -2.44. The Balaban J connectivity index is 1.72. The maximum Gasteiger partial charge on any atom is 0.278 e. The monoisotopic (exact) mass is 352 g/mol. The number of benzene rings is 1. The minimum atomic E-state index is -0.0817. The summed E-state index contributed by atoms with van der Waals surface area (Å²) in [6.07, 6.45) is 7.49. The van der Waals surface area contributed by atoms with E-state index < -0.39 is 0 Å². The predicted molar refractivity (Wildman–Crippen MR) is 102 cm³/mol. The molecule has 0 atom stereocenters. The molecule has 0 bridgehead atoms. The summed E-state index contributed by atoms with van der Waals surface area (Å²) in [7, 11) is 0. The Hall–Kier alpha value is -2.10. The van der Waals surface area contributed by atoms with Crippen LogP contribution in [0.5, 0.6) is 0 Å². The lowest BCUT2D eigenvalue weighted by molar-refractivity contribution is -0.141. The van der Waals surface area contributed by atoms with Crippen LogP contribution >= 0.6 is 0 Å². The Morgan fingerprint density at radius 1 is 0.846 bits per heavy atom. The average molecular weight is 352 g/mol. The number of likely N-dealkylation sites (tertiary alicyclic amines) is 1. The molecule has 2 fully saturated rings. The van der Waals surface area contributed by atoms with Gasteiger partial charge in [0, 0.05) is 19.1 Å². The van der Waals surface area contributed by atoms with Crippen LogP contribution in [0.2, 0.25) is 0 Å². The standard InChI is InChI=1S/C22H28N2O2/c1-16-12-14-23(15-13-16)20-19(17-8-4-2-5-9-17)21(25)24(22(20)26)18-10-6-3-7-11-18/h2,4-5,8-9,16,18H,3,6-7,10-15H2,1H3. The van der Waals surface area contributed by atoms with E-state index >= 15 is 0 Å². The molecule has 0 unspecified atom stereocenters. The number of amides is 2. The first kappa shape index (κ1) is 17.3. The highest BCUT2D eigenvalue weighted by atomic mass is 16.2. The number of carbonyl (C=O) groups is 2. The van der Waals surface area contributed by atoms with Gasteiger partial charge in [-0.3, -0.25) is 14.5 Å². The molecule has 1 aromatic rings. The maximum atomic E-state index is 13.4. The highest BCUT2D eigenvalue weighted by molar-refractivity contribution is 6.35. The zero-order chi connectivity index (χ0) is 18.1. The van der Waals surface area contributed by atoms with Gasteiger partial charge in [-0.05, 0) is 37.2 Å². The summed E-state index contributed by atoms with van der Waals surface area (Å²) in [6.45, 7) is 3.99. The third kappa shape index (κ3) is 3.06. The van der Waals surface area contributed by atoms with Gasteiger partial charge in [-0.2, -0.15) is 0 Å². The van der Waals surface area contributed by atoms with Crippen molar-refractivity contribution < 1.29 is 9.59 Å². The van der Waals surface area contributed by atoms with E-state index in [0.29, 0.717) is 17.2 Å². The van der Waals surface area contributed by atoms with Gasteiger partial charge in [0.25, 0.3) is 11.8 Å². The zero-order valence-corrected chi connectivity index (χ0v) is 15.6. The fraction of sp³-hybridized carbons (Fsp3) is 0.545. The van der Waals surface area contributed by atoms with Crippen LogP contribution in [-0.4, -0.2) is 40.7 Å². The van der Waals surface area contributed by atoms with Crippen LogP contribution < -0.4 is 0 Å². The van der Waals surface area contributed by atoms with Crippen molar-refractivity contribution in [1.82, 2.24) is 9.80 Å². The van der Waals surface area contributed by atoms with E-state index in [2.05, 4.69) is 11.8 Å². The van der Waals surface area contributed by atoms with Gasteiger partial charge in [-0.15, -0.1) is 0 Å². The number of rotatable bonds is 3. The number of hydrogen-bond donors (Lipinski definition) is 0. The summed E-state index contributed by atoms with van der Waals surface area (Å²) in [6, 6.07) is 9.82. The molecular weight excluding hydrogens is 324 g/mol. The van der Waals surface area contributed by atoms with Crippen LogP contribution in [0, 0.1) is 5.92 Å². The Bertz CT molecular complexity index is 711. The largest absolute Gasteiger partial charge is 0.366 e. The molecule has 3 aliphatic rings. The molecule has 1 aliphatic carbocycles. The molecule has 26 heavy (non-hydrogen) atoms. The first-order chi connectivity index (χ1) is 12.7. The molecular formula is C22H28N2O2.